The molecule has 2 rings (SSSR count). The zero-order valence-electron chi connectivity index (χ0n) is 15.9. The minimum absolute atomic E-state index is 0.0577. The van der Waals surface area contributed by atoms with E-state index in [0.29, 0.717) is 0 Å². The van der Waals surface area contributed by atoms with Crippen molar-refractivity contribution in [2.75, 3.05) is 31.7 Å². The maximum absolute atomic E-state index is 12.8. The first kappa shape index (κ1) is 20.5. The minimum Gasteiger partial charge on any atom is -0.496 e. The van der Waals surface area contributed by atoms with Gasteiger partial charge in [-0.2, -0.15) is 0 Å². The summed E-state index contributed by atoms with van der Waals surface area (Å²) in [4.78, 5) is 12.7. The number of ether oxygens (including phenoxy) is 2. The lowest BCUT2D eigenvalue weighted by molar-refractivity contribution is -0.665. The van der Waals surface area contributed by atoms with Crippen LogP contribution in [0.3, 0.4) is 0 Å². The quantitative estimate of drug-likeness (QED) is 0.558. The molecule has 1 aliphatic rings. The molecular weight excluding hydrogens is 356 g/mol. The van der Waals surface area contributed by atoms with Crippen LogP contribution in [0.4, 0.5) is 5.69 Å². The van der Waals surface area contributed by atoms with Crippen LogP contribution in [0, 0.1) is 5.92 Å². The van der Waals surface area contributed by atoms with Crippen LogP contribution in [-0.2, 0) is 14.6 Å². The maximum Gasteiger partial charge on any atom is 0.342 e. The largest absolute Gasteiger partial charge is 0.496 e. The molecule has 0 unspecified atom stereocenters. The molecule has 0 amide bonds. The van der Waals surface area contributed by atoms with E-state index in [-0.39, 0.29) is 33.6 Å². The second-order valence-corrected chi connectivity index (χ2v) is 9.37. The average Bonchev–Trinajstić information content (AvgIpc) is 2.61. The summed E-state index contributed by atoms with van der Waals surface area (Å²) in [5.41, 5.74) is 5.34. The highest BCUT2D eigenvalue weighted by atomic mass is 32.2. The summed E-state index contributed by atoms with van der Waals surface area (Å²) in [5.74, 6) is -0.249. The average molecular weight is 386 g/mol. The lowest BCUT2D eigenvalue weighted by Crippen LogP contribution is -2.86. The molecule has 4 N–H and O–H groups in total. The summed E-state index contributed by atoms with van der Waals surface area (Å²) in [5, 5.41) is 2.25. The molecule has 0 saturated carbocycles. The highest BCUT2D eigenvalue weighted by Crippen LogP contribution is 2.33. The van der Waals surface area contributed by atoms with Crippen molar-refractivity contribution in [2.24, 2.45) is 5.92 Å². The summed E-state index contributed by atoms with van der Waals surface area (Å²) >= 11 is 0. The summed E-state index contributed by atoms with van der Waals surface area (Å²) in [7, 11) is -2.16. The molecule has 26 heavy (non-hydrogen) atoms. The Labute approximate surface area is 155 Å². The van der Waals surface area contributed by atoms with Crippen LogP contribution in [0.25, 0.3) is 0 Å². The normalized spacial score (nSPS) is 16.3. The van der Waals surface area contributed by atoms with E-state index < -0.39 is 21.4 Å². The summed E-state index contributed by atoms with van der Waals surface area (Å²) in [6.07, 6.45) is 1.93. The number of piperidine rings is 1. The van der Waals surface area contributed by atoms with Gasteiger partial charge in [-0.15, -0.1) is 0 Å². The van der Waals surface area contributed by atoms with E-state index in [1.807, 2.05) is 13.8 Å². The summed E-state index contributed by atoms with van der Waals surface area (Å²) in [6.45, 7) is 7.34. The Balaban J connectivity index is 2.36. The molecule has 1 aliphatic heterocycles. The van der Waals surface area contributed by atoms with Crippen LogP contribution in [0.2, 0.25) is 0 Å². The monoisotopic (exact) mass is 385 g/mol. The van der Waals surface area contributed by atoms with Gasteiger partial charge in [0.05, 0.1) is 36.5 Å². The standard InChI is InChI=1S/C18H28N2O5S/c1-5-26(22,23)16-10-13(15(24-4)11-14(16)19)17(21)25-18(2,3)12-6-8-20-9-7-12/h10-12,20H,5-9,19H2,1-4H3/p+1. The lowest BCUT2D eigenvalue weighted by atomic mass is 9.83. The molecule has 0 aromatic heterocycles. The fraction of sp³-hybridized carbons (Fsp3) is 0.611. The van der Waals surface area contributed by atoms with Crippen molar-refractivity contribution in [3.63, 3.8) is 0 Å². The number of carbonyl (C=O) groups is 1. The summed E-state index contributed by atoms with van der Waals surface area (Å²) < 4.78 is 35.5. The third kappa shape index (κ3) is 4.29. The predicted octanol–water partition coefficient (Wildman–Crippen LogP) is 0.980. The molecule has 0 spiro atoms. The van der Waals surface area contributed by atoms with E-state index in [0.717, 1.165) is 25.9 Å². The Kier molecular flexibility index (Phi) is 6.18. The molecule has 0 bridgehead atoms. The zero-order chi connectivity index (χ0) is 19.5. The van der Waals surface area contributed by atoms with E-state index in [9.17, 15) is 13.2 Å². The highest BCUT2D eigenvalue weighted by Gasteiger charge is 2.36. The first-order valence-corrected chi connectivity index (χ1v) is 10.5. The van der Waals surface area contributed by atoms with Crippen molar-refractivity contribution in [1.82, 2.24) is 0 Å². The number of hydrogen-bond donors (Lipinski definition) is 2. The predicted molar refractivity (Wildman–Crippen MR) is 99.0 cm³/mol. The number of carbonyl (C=O) groups excluding carboxylic acids is 1. The molecule has 1 saturated heterocycles. The van der Waals surface area contributed by atoms with Gasteiger partial charge < -0.3 is 20.5 Å². The van der Waals surface area contributed by atoms with Gasteiger partial charge in [-0.05, 0) is 19.9 Å². The molecule has 1 heterocycles. The molecule has 1 aromatic carbocycles. The van der Waals surface area contributed by atoms with Gasteiger partial charge in [0, 0.05) is 24.8 Å². The topological polar surface area (TPSA) is 112 Å². The number of nitrogen functional groups attached to an aromatic ring is 1. The van der Waals surface area contributed by atoms with Crippen molar-refractivity contribution < 1.29 is 28.0 Å². The molecule has 1 fully saturated rings. The van der Waals surface area contributed by atoms with Gasteiger partial charge in [-0.3, -0.25) is 0 Å². The smallest absolute Gasteiger partial charge is 0.342 e. The van der Waals surface area contributed by atoms with Gasteiger partial charge in [0.25, 0.3) is 0 Å². The van der Waals surface area contributed by atoms with E-state index >= 15 is 0 Å². The number of quaternary nitrogens is 1. The first-order valence-electron chi connectivity index (χ1n) is 8.87. The Hall–Kier alpha value is -1.80. The Morgan fingerprint density at radius 1 is 1.31 bits per heavy atom. The SMILES string of the molecule is CCS(=O)(=O)c1cc(C(=O)OC(C)(C)C2CC[NH2+]CC2)c(OC)cc1N. The van der Waals surface area contributed by atoms with E-state index in [1.165, 1.54) is 26.2 Å². The van der Waals surface area contributed by atoms with Gasteiger partial charge in [0.15, 0.2) is 9.84 Å². The van der Waals surface area contributed by atoms with Crippen molar-refractivity contribution >= 4 is 21.5 Å². The molecule has 146 valence electrons. The second kappa shape index (κ2) is 7.84. The Morgan fingerprint density at radius 3 is 2.46 bits per heavy atom. The fourth-order valence-corrected chi connectivity index (χ4v) is 4.35. The molecule has 0 atom stereocenters. The zero-order valence-corrected chi connectivity index (χ0v) is 16.7. The number of sulfone groups is 1. The minimum atomic E-state index is -3.57. The van der Waals surface area contributed by atoms with Crippen LogP contribution in [0.15, 0.2) is 17.0 Å². The van der Waals surface area contributed by atoms with Gasteiger partial charge in [0.1, 0.15) is 16.9 Å². The number of nitrogens with two attached hydrogens (primary N) is 2. The van der Waals surface area contributed by atoms with Gasteiger partial charge in [-0.25, -0.2) is 13.2 Å². The van der Waals surface area contributed by atoms with Gasteiger partial charge in [0.2, 0.25) is 0 Å². The Bertz CT molecular complexity index is 768. The van der Waals surface area contributed by atoms with Crippen molar-refractivity contribution in [2.45, 2.75) is 44.1 Å². The molecule has 0 aliphatic carbocycles. The van der Waals surface area contributed by atoms with Crippen LogP contribution < -0.4 is 15.8 Å². The number of methoxy groups -OCH3 is 1. The van der Waals surface area contributed by atoms with E-state index in [2.05, 4.69) is 5.32 Å². The van der Waals surface area contributed by atoms with E-state index in [4.69, 9.17) is 15.2 Å². The third-order valence-electron chi connectivity index (χ3n) is 5.04. The second-order valence-electron chi connectivity index (χ2n) is 7.13. The number of esters is 1. The highest BCUT2D eigenvalue weighted by molar-refractivity contribution is 7.91. The van der Waals surface area contributed by atoms with Crippen LogP contribution in [0.1, 0.15) is 44.0 Å². The lowest BCUT2D eigenvalue weighted by Gasteiger charge is -2.35. The van der Waals surface area contributed by atoms with Crippen molar-refractivity contribution in [3.8, 4) is 5.75 Å². The first-order chi connectivity index (χ1) is 12.1. The fourth-order valence-electron chi connectivity index (χ4n) is 3.33. The molecular formula is C18H29N2O5S+. The van der Waals surface area contributed by atoms with Crippen molar-refractivity contribution in [3.05, 3.63) is 17.7 Å². The summed E-state index contributed by atoms with van der Waals surface area (Å²) in [6, 6.07) is 2.63. The number of rotatable bonds is 6. The van der Waals surface area contributed by atoms with Crippen molar-refractivity contribution in [1.29, 1.82) is 0 Å². The number of hydrogen-bond acceptors (Lipinski definition) is 6. The molecule has 7 nitrogen and oxygen atoms in total. The number of anilines is 1. The van der Waals surface area contributed by atoms with Crippen LogP contribution in [-0.4, -0.2) is 45.9 Å². The number of benzene rings is 1. The Morgan fingerprint density at radius 2 is 1.92 bits per heavy atom. The molecule has 1 aromatic rings. The third-order valence-corrected chi connectivity index (χ3v) is 6.83. The molecule has 8 heteroatoms. The van der Waals surface area contributed by atoms with Crippen LogP contribution in [0.5, 0.6) is 5.75 Å². The van der Waals surface area contributed by atoms with Gasteiger partial charge in [-0.1, -0.05) is 6.92 Å². The van der Waals surface area contributed by atoms with Gasteiger partial charge >= 0.3 is 5.97 Å². The maximum atomic E-state index is 12.8. The van der Waals surface area contributed by atoms with Crippen LogP contribution >= 0.6 is 0 Å². The van der Waals surface area contributed by atoms with E-state index in [1.54, 1.807) is 0 Å². The molecule has 0 radical (unpaired) electrons.